The highest BCUT2D eigenvalue weighted by molar-refractivity contribution is 14.1. The maximum atomic E-state index is 4.98. The topological polar surface area (TPSA) is 9.23 Å². The minimum atomic E-state index is 0.842. The molecule has 1 aromatic rings. The van der Waals surface area contributed by atoms with E-state index in [0.717, 1.165) is 18.1 Å². The molecular formula is C10H13IOS. The zero-order chi connectivity index (χ0) is 9.52. The molecule has 0 radical (unpaired) electrons. The summed E-state index contributed by atoms with van der Waals surface area (Å²) in [4.78, 5) is 0. The molecule has 1 rings (SSSR count). The van der Waals surface area contributed by atoms with E-state index in [4.69, 9.17) is 4.74 Å². The van der Waals surface area contributed by atoms with Crippen molar-refractivity contribution in [1.82, 2.24) is 0 Å². The van der Waals surface area contributed by atoms with Crippen LogP contribution in [0.4, 0.5) is 0 Å². The van der Waals surface area contributed by atoms with Gasteiger partial charge in [-0.05, 0) is 40.3 Å². The number of ether oxygens (including phenoxy) is 1. The molecule has 0 unspecified atom stereocenters. The average molecular weight is 308 g/mol. The highest BCUT2D eigenvalue weighted by Gasteiger charge is 1.93. The van der Waals surface area contributed by atoms with Gasteiger partial charge in [0.25, 0.3) is 0 Å². The van der Waals surface area contributed by atoms with Crippen LogP contribution in [0.1, 0.15) is 5.56 Å². The van der Waals surface area contributed by atoms with E-state index >= 15 is 0 Å². The van der Waals surface area contributed by atoms with Crippen LogP contribution in [0.2, 0.25) is 0 Å². The van der Waals surface area contributed by atoms with Gasteiger partial charge in [0.05, 0.1) is 6.61 Å². The molecule has 0 fully saturated rings. The van der Waals surface area contributed by atoms with Crippen molar-refractivity contribution in [1.29, 1.82) is 0 Å². The third-order valence-corrected chi connectivity index (χ3v) is 3.33. The molecule has 1 aromatic carbocycles. The number of methoxy groups -OCH3 is 1. The Hall–Kier alpha value is 0.260. The van der Waals surface area contributed by atoms with Gasteiger partial charge in [0, 0.05) is 22.2 Å². The number of rotatable bonds is 5. The van der Waals surface area contributed by atoms with Crippen LogP contribution in [0.15, 0.2) is 24.3 Å². The summed E-state index contributed by atoms with van der Waals surface area (Å²) in [6, 6.07) is 8.66. The molecule has 0 aliphatic rings. The SMILES string of the molecule is COCCSCc1ccc(I)cc1. The van der Waals surface area contributed by atoms with Crippen molar-refractivity contribution in [3.63, 3.8) is 0 Å². The Bertz CT molecular complexity index is 235. The maximum absolute atomic E-state index is 4.98. The smallest absolute Gasteiger partial charge is 0.0553 e. The van der Waals surface area contributed by atoms with E-state index in [9.17, 15) is 0 Å². The molecule has 0 N–H and O–H groups in total. The summed E-state index contributed by atoms with van der Waals surface area (Å²) in [5.41, 5.74) is 1.39. The maximum Gasteiger partial charge on any atom is 0.0553 e. The highest BCUT2D eigenvalue weighted by atomic mass is 127. The van der Waals surface area contributed by atoms with Crippen LogP contribution in [-0.4, -0.2) is 19.5 Å². The third-order valence-electron chi connectivity index (χ3n) is 1.61. The second-order valence-corrected chi connectivity index (χ2v) is 5.02. The lowest BCUT2D eigenvalue weighted by Crippen LogP contribution is -1.92. The fourth-order valence-electron chi connectivity index (χ4n) is 0.913. The van der Waals surface area contributed by atoms with Gasteiger partial charge in [-0.15, -0.1) is 0 Å². The average Bonchev–Trinajstić information content (AvgIpc) is 2.15. The summed E-state index contributed by atoms with van der Waals surface area (Å²) in [5, 5.41) is 0. The van der Waals surface area contributed by atoms with E-state index in [2.05, 4.69) is 46.9 Å². The van der Waals surface area contributed by atoms with Crippen molar-refractivity contribution >= 4 is 34.4 Å². The van der Waals surface area contributed by atoms with Crippen molar-refractivity contribution in [2.24, 2.45) is 0 Å². The van der Waals surface area contributed by atoms with Gasteiger partial charge in [0.15, 0.2) is 0 Å². The van der Waals surface area contributed by atoms with E-state index in [1.807, 2.05) is 11.8 Å². The Morgan fingerprint density at radius 2 is 2.00 bits per heavy atom. The molecule has 13 heavy (non-hydrogen) atoms. The molecule has 0 heterocycles. The monoisotopic (exact) mass is 308 g/mol. The lowest BCUT2D eigenvalue weighted by atomic mass is 10.2. The first-order valence-electron chi connectivity index (χ1n) is 4.14. The molecule has 72 valence electrons. The molecule has 0 aliphatic carbocycles. The van der Waals surface area contributed by atoms with Crippen molar-refractivity contribution in [2.45, 2.75) is 5.75 Å². The summed E-state index contributed by atoms with van der Waals surface area (Å²) in [6.45, 7) is 0.842. The molecule has 0 aromatic heterocycles. The molecule has 0 atom stereocenters. The Balaban J connectivity index is 2.25. The Morgan fingerprint density at radius 1 is 1.31 bits per heavy atom. The van der Waals surface area contributed by atoms with E-state index in [0.29, 0.717) is 0 Å². The summed E-state index contributed by atoms with van der Waals surface area (Å²) in [7, 11) is 1.74. The van der Waals surface area contributed by atoms with Crippen molar-refractivity contribution < 1.29 is 4.74 Å². The first kappa shape index (κ1) is 11.3. The predicted molar refractivity (Wildman–Crippen MR) is 67.2 cm³/mol. The lowest BCUT2D eigenvalue weighted by Gasteiger charge is -2.01. The molecule has 3 heteroatoms. The minimum absolute atomic E-state index is 0.842. The number of thioether (sulfide) groups is 1. The zero-order valence-electron chi connectivity index (χ0n) is 7.63. The quantitative estimate of drug-likeness (QED) is 0.610. The van der Waals surface area contributed by atoms with Gasteiger partial charge in [-0.2, -0.15) is 11.8 Å². The second kappa shape index (κ2) is 6.68. The van der Waals surface area contributed by atoms with Crippen LogP contribution < -0.4 is 0 Å². The number of hydrogen-bond acceptors (Lipinski definition) is 2. The molecule has 0 aliphatic heterocycles. The van der Waals surface area contributed by atoms with E-state index in [1.165, 1.54) is 9.13 Å². The van der Waals surface area contributed by atoms with Gasteiger partial charge >= 0.3 is 0 Å². The van der Waals surface area contributed by atoms with Crippen LogP contribution in [-0.2, 0) is 10.5 Å². The lowest BCUT2D eigenvalue weighted by molar-refractivity contribution is 0.218. The Kier molecular flexibility index (Phi) is 5.82. The van der Waals surface area contributed by atoms with E-state index in [-0.39, 0.29) is 0 Å². The second-order valence-electron chi connectivity index (χ2n) is 2.67. The van der Waals surface area contributed by atoms with Crippen LogP contribution >= 0.6 is 34.4 Å². The Morgan fingerprint density at radius 3 is 2.62 bits per heavy atom. The molecule has 1 nitrogen and oxygen atoms in total. The first-order chi connectivity index (χ1) is 6.33. The number of hydrogen-bond donors (Lipinski definition) is 0. The molecule has 0 spiro atoms. The standard InChI is InChI=1S/C10H13IOS/c1-12-6-7-13-8-9-2-4-10(11)5-3-9/h2-5H,6-8H2,1H3. The Labute approximate surface area is 97.4 Å². The van der Waals surface area contributed by atoms with Gasteiger partial charge in [-0.1, -0.05) is 12.1 Å². The number of benzene rings is 1. The van der Waals surface area contributed by atoms with Crippen LogP contribution in [0.3, 0.4) is 0 Å². The van der Waals surface area contributed by atoms with Crippen LogP contribution in [0.5, 0.6) is 0 Å². The molecule has 0 saturated heterocycles. The van der Waals surface area contributed by atoms with Gasteiger partial charge < -0.3 is 4.74 Å². The summed E-state index contributed by atoms with van der Waals surface area (Å²) in [6.07, 6.45) is 0. The molecule has 0 bridgehead atoms. The number of halogens is 1. The zero-order valence-corrected chi connectivity index (χ0v) is 10.6. The normalized spacial score (nSPS) is 10.3. The summed E-state index contributed by atoms with van der Waals surface area (Å²) in [5.74, 6) is 2.16. The van der Waals surface area contributed by atoms with Gasteiger partial charge in [-0.3, -0.25) is 0 Å². The predicted octanol–water partition coefficient (Wildman–Crippen LogP) is 3.17. The summed E-state index contributed by atoms with van der Waals surface area (Å²) < 4.78 is 6.27. The van der Waals surface area contributed by atoms with Gasteiger partial charge in [0.2, 0.25) is 0 Å². The molecule has 0 amide bonds. The summed E-state index contributed by atoms with van der Waals surface area (Å²) >= 11 is 4.23. The molecule has 0 saturated carbocycles. The van der Waals surface area contributed by atoms with Gasteiger partial charge in [0.1, 0.15) is 0 Å². The fourth-order valence-corrected chi connectivity index (χ4v) is 2.13. The van der Waals surface area contributed by atoms with Crippen LogP contribution in [0, 0.1) is 3.57 Å². The first-order valence-corrected chi connectivity index (χ1v) is 6.37. The van der Waals surface area contributed by atoms with Crippen LogP contribution in [0.25, 0.3) is 0 Å². The van der Waals surface area contributed by atoms with E-state index < -0.39 is 0 Å². The fraction of sp³-hybridized carbons (Fsp3) is 0.400. The van der Waals surface area contributed by atoms with Crippen molar-refractivity contribution in [2.75, 3.05) is 19.5 Å². The molecular weight excluding hydrogens is 295 g/mol. The van der Waals surface area contributed by atoms with Gasteiger partial charge in [-0.25, -0.2) is 0 Å². The minimum Gasteiger partial charge on any atom is -0.384 e. The highest BCUT2D eigenvalue weighted by Crippen LogP contribution is 2.13. The van der Waals surface area contributed by atoms with E-state index in [1.54, 1.807) is 7.11 Å². The third kappa shape index (κ3) is 4.88. The van der Waals surface area contributed by atoms with Crippen molar-refractivity contribution in [3.05, 3.63) is 33.4 Å². The largest absolute Gasteiger partial charge is 0.384 e. The van der Waals surface area contributed by atoms with Crippen molar-refractivity contribution in [3.8, 4) is 0 Å².